The molecule has 2 amide bonds. The average molecular weight is 427 g/mol. The lowest BCUT2D eigenvalue weighted by atomic mass is 9.97. The molecule has 0 fully saturated rings. The van der Waals surface area contributed by atoms with Crippen LogP contribution in [0.4, 0.5) is 11.4 Å². The van der Waals surface area contributed by atoms with Crippen molar-refractivity contribution in [3.05, 3.63) is 99.4 Å². The van der Waals surface area contributed by atoms with Crippen molar-refractivity contribution in [2.24, 2.45) is 4.99 Å². The molecule has 0 saturated heterocycles. The van der Waals surface area contributed by atoms with E-state index in [1.165, 1.54) is 18.3 Å². The van der Waals surface area contributed by atoms with Crippen LogP contribution in [0.15, 0.2) is 72.0 Å². The Morgan fingerprint density at radius 2 is 1.97 bits per heavy atom. The SMILES string of the molecule is O=C(N[C@@H]1N=C(c2ccccc2)c2cc([N+](=O)[O-])cc3c2N(CC3)C1=O)c1cccnc1. The maximum absolute atomic E-state index is 13.4. The molecule has 0 bridgehead atoms. The minimum Gasteiger partial charge on any atom is -0.322 e. The van der Waals surface area contributed by atoms with E-state index in [2.05, 4.69) is 15.3 Å². The van der Waals surface area contributed by atoms with Crippen LogP contribution in [0, 0.1) is 10.1 Å². The van der Waals surface area contributed by atoms with Gasteiger partial charge in [-0.1, -0.05) is 30.3 Å². The van der Waals surface area contributed by atoms with Crippen molar-refractivity contribution < 1.29 is 14.5 Å². The fourth-order valence-electron chi connectivity index (χ4n) is 4.06. The van der Waals surface area contributed by atoms with Gasteiger partial charge in [-0.15, -0.1) is 0 Å². The van der Waals surface area contributed by atoms with E-state index in [9.17, 15) is 19.7 Å². The standard InChI is InChI=1S/C23H17N5O4/c29-22(16-7-4-9-24-13-16)26-21-23(30)27-10-8-15-11-17(28(31)32)12-18(20(15)27)19(25-21)14-5-2-1-3-6-14/h1-7,9,11-13,21H,8,10H2,(H,26,29)/t21-/m0/s1. The summed E-state index contributed by atoms with van der Waals surface area (Å²) in [5.74, 6) is -0.869. The zero-order chi connectivity index (χ0) is 22.2. The number of nitro benzene ring substituents is 1. The number of rotatable bonds is 4. The highest BCUT2D eigenvalue weighted by Gasteiger charge is 2.38. The molecule has 2 aliphatic heterocycles. The highest BCUT2D eigenvalue weighted by atomic mass is 16.6. The maximum atomic E-state index is 13.4. The van der Waals surface area contributed by atoms with Gasteiger partial charge in [0.25, 0.3) is 17.5 Å². The van der Waals surface area contributed by atoms with E-state index in [-0.39, 0.29) is 11.6 Å². The van der Waals surface area contributed by atoms with Crippen LogP contribution < -0.4 is 10.2 Å². The molecule has 1 atom stereocenters. The van der Waals surface area contributed by atoms with Crippen LogP contribution in [0.5, 0.6) is 0 Å². The Morgan fingerprint density at radius 1 is 1.16 bits per heavy atom. The van der Waals surface area contributed by atoms with Crippen molar-refractivity contribution in [2.75, 3.05) is 11.4 Å². The van der Waals surface area contributed by atoms with E-state index in [1.807, 2.05) is 30.3 Å². The van der Waals surface area contributed by atoms with Gasteiger partial charge in [0, 0.05) is 42.2 Å². The van der Waals surface area contributed by atoms with E-state index >= 15 is 0 Å². The first-order chi connectivity index (χ1) is 15.5. The van der Waals surface area contributed by atoms with E-state index in [1.54, 1.807) is 23.2 Å². The molecule has 3 heterocycles. The molecule has 158 valence electrons. The number of aliphatic imine (C=N–C) groups is 1. The van der Waals surface area contributed by atoms with E-state index in [4.69, 9.17) is 0 Å². The lowest BCUT2D eigenvalue weighted by molar-refractivity contribution is -0.384. The number of carbonyl (C=O) groups is 2. The number of anilines is 1. The third-order valence-electron chi connectivity index (χ3n) is 5.51. The van der Waals surface area contributed by atoms with Crippen LogP contribution in [-0.2, 0) is 11.2 Å². The monoisotopic (exact) mass is 427 g/mol. The van der Waals surface area contributed by atoms with Gasteiger partial charge < -0.3 is 10.2 Å². The van der Waals surface area contributed by atoms with Gasteiger partial charge in [0.1, 0.15) is 0 Å². The number of hydrogen-bond donors (Lipinski definition) is 1. The van der Waals surface area contributed by atoms with Crippen LogP contribution in [0.1, 0.15) is 27.0 Å². The minimum atomic E-state index is -1.18. The van der Waals surface area contributed by atoms with Gasteiger partial charge in [0.15, 0.2) is 0 Å². The molecule has 1 aromatic heterocycles. The van der Waals surface area contributed by atoms with Gasteiger partial charge in [-0.2, -0.15) is 0 Å². The van der Waals surface area contributed by atoms with Crippen molar-refractivity contribution in [1.29, 1.82) is 0 Å². The van der Waals surface area contributed by atoms with Gasteiger partial charge in [0.2, 0.25) is 6.17 Å². The number of amides is 2. The maximum Gasteiger partial charge on any atom is 0.272 e. The molecule has 0 radical (unpaired) electrons. The molecular formula is C23H17N5O4. The third-order valence-corrected chi connectivity index (χ3v) is 5.51. The minimum absolute atomic E-state index is 0.0606. The highest BCUT2D eigenvalue weighted by molar-refractivity contribution is 6.21. The van der Waals surface area contributed by atoms with Gasteiger partial charge in [-0.3, -0.25) is 24.7 Å². The molecule has 0 aliphatic carbocycles. The molecule has 1 N–H and O–H groups in total. The second-order valence-corrected chi connectivity index (χ2v) is 7.46. The smallest absolute Gasteiger partial charge is 0.272 e. The van der Waals surface area contributed by atoms with Gasteiger partial charge in [-0.05, 0) is 24.1 Å². The molecule has 3 aromatic rings. The van der Waals surface area contributed by atoms with E-state index in [0.717, 1.165) is 0 Å². The molecule has 9 heteroatoms. The summed E-state index contributed by atoms with van der Waals surface area (Å²) < 4.78 is 0. The summed E-state index contributed by atoms with van der Waals surface area (Å²) >= 11 is 0. The average Bonchev–Trinajstić information content (AvgIpc) is 3.21. The number of nitrogens with zero attached hydrogens (tertiary/aromatic N) is 4. The summed E-state index contributed by atoms with van der Waals surface area (Å²) in [7, 11) is 0. The van der Waals surface area contributed by atoms with Gasteiger partial charge in [-0.25, -0.2) is 4.99 Å². The Balaban J connectivity index is 1.66. The summed E-state index contributed by atoms with van der Waals surface area (Å²) in [6.45, 7) is 0.360. The third kappa shape index (κ3) is 3.29. The quantitative estimate of drug-likeness (QED) is 0.507. The number of pyridine rings is 1. The first kappa shape index (κ1) is 19.6. The number of nitrogens with one attached hydrogen (secondary N) is 1. The molecule has 0 unspecified atom stereocenters. The lowest BCUT2D eigenvalue weighted by Gasteiger charge is -2.21. The first-order valence-electron chi connectivity index (χ1n) is 10.00. The van der Waals surface area contributed by atoms with E-state index < -0.39 is 17.0 Å². The van der Waals surface area contributed by atoms with Crippen LogP contribution in [0.25, 0.3) is 0 Å². The Kier molecular flexibility index (Phi) is 4.70. The Hall–Kier alpha value is -4.40. The topological polar surface area (TPSA) is 118 Å². The molecule has 2 aliphatic rings. The molecule has 0 saturated carbocycles. The van der Waals surface area contributed by atoms with Crippen LogP contribution >= 0.6 is 0 Å². The fraction of sp³-hybridized carbons (Fsp3) is 0.130. The highest BCUT2D eigenvalue weighted by Crippen LogP contribution is 2.39. The summed E-state index contributed by atoms with van der Waals surface area (Å²) in [5.41, 5.74) is 3.18. The summed E-state index contributed by atoms with van der Waals surface area (Å²) in [5, 5.41) is 14.2. The fourth-order valence-corrected chi connectivity index (χ4v) is 4.06. The largest absolute Gasteiger partial charge is 0.322 e. The van der Waals surface area contributed by atoms with Crippen molar-refractivity contribution in [3.8, 4) is 0 Å². The lowest BCUT2D eigenvalue weighted by Crippen LogP contribution is -2.47. The van der Waals surface area contributed by atoms with Crippen molar-refractivity contribution in [1.82, 2.24) is 10.3 Å². The normalized spacial score (nSPS) is 16.8. The zero-order valence-corrected chi connectivity index (χ0v) is 16.8. The summed E-state index contributed by atoms with van der Waals surface area (Å²) in [6, 6.07) is 15.3. The second-order valence-electron chi connectivity index (χ2n) is 7.46. The predicted octanol–water partition coefficient (Wildman–Crippen LogP) is 2.49. The van der Waals surface area contributed by atoms with Crippen LogP contribution in [0.3, 0.4) is 0 Å². The van der Waals surface area contributed by atoms with E-state index in [0.29, 0.717) is 46.6 Å². The number of nitro groups is 1. The number of aromatic nitrogens is 1. The number of hydrogen-bond acceptors (Lipinski definition) is 6. The van der Waals surface area contributed by atoms with Crippen molar-refractivity contribution in [3.63, 3.8) is 0 Å². The van der Waals surface area contributed by atoms with Crippen molar-refractivity contribution >= 4 is 28.9 Å². The number of non-ortho nitro benzene ring substituents is 1. The number of carbonyl (C=O) groups excluding carboxylic acids is 2. The second kappa shape index (κ2) is 7.69. The molecule has 2 aromatic carbocycles. The molecular weight excluding hydrogens is 410 g/mol. The molecule has 0 spiro atoms. The summed E-state index contributed by atoms with van der Waals surface area (Å²) in [6.07, 6.45) is 2.26. The van der Waals surface area contributed by atoms with Gasteiger partial charge >= 0.3 is 0 Å². The Bertz CT molecular complexity index is 1270. The zero-order valence-electron chi connectivity index (χ0n) is 16.8. The Labute approximate surface area is 182 Å². The predicted molar refractivity (Wildman–Crippen MR) is 117 cm³/mol. The molecule has 5 rings (SSSR count). The first-order valence-corrected chi connectivity index (χ1v) is 10.00. The molecule has 32 heavy (non-hydrogen) atoms. The van der Waals surface area contributed by atoms with Crippen LogP contribution in [0.2, 0.25) is 0 Å². The van der Waals surface area contributed by atoms with Gasteiger partial charge in [0.05, 0.1) is 21.9 Å². The Morgan fingerprint density at radius 3 is 2.69 bits per heavy atom. The van der Waals surface area contributed by atoms with Crippen molar-refractivity contribution in [2.45, 2.75) is 12.6 Å². The number of benzene rings is 2. The summed E-state index contributed by atoms with van der Waals surface area (Å²) in [4.78, 5) is 47.4. The van der Waals surface area contributed by atoms with Crippen LogP contribution in [-0.4, -0.2) is 40.1 Å². The molecule has 9 nitrogen and oxygen atoms in total.